The quantitative estimate of drug-likeness (QED) is 0.815. The van der Waals surface area contributed by atoms with Crippen LogP contribution in [-0.4, -0.2) is 43.1 Å². The first-order valence-electron chi connectivity index (χ1n) is 7.17. The van der Waals surface area contributed by atoms with E-state index in [1.54, 1.807) is 25.3 Å². The molecule has 2 heterocycles. The number of hydrogen-bond donors (Lipinski definition) is 2. The number of benzene rings is 1. The molecule has 1 aromatic rings. The minimum absolute atomic E-state index is 0.0971. The number of carbonyl (C=O) groups excluding carboxylic acids is 1. The summed E-state index contributed by atoms with van der Waals surface area (Å²) in [6.07, 6.45) is 3.44. The van der Waals surface area contributed by atoms with Crippen LogP contribution in [0.2, 0.25) is 0 Å². The average molecular weight is 275 g/mol. The molecule has 2 unspecified atom stereocenters. The third-order valence-electron chi connectivity index (χ3n) is 4.43. The van der Waals surface area contributed by atoms with Crippen LogP contribution in [0.15, 0.2) is 18.2 Å². The summed E-state index contributed by atoms with van der Waals surface area (Å²) in [5.74, 6) is 0.554. The van der Waals surface area contributed by atoms with Gasteiger partial charge < -0.3 is 15.8 Å². The van der Waals surface area contributed by atoms with Gasteiger partial charge in [0.15, 0.2) is 0 Å². The molecule has 108 valence electrons. The molecule has 5 nitrogen and oxygen atoms in total. The molecule has 3 rings (SSSR count). The molecule has 0 aromatic heterocycles. The summed E-state index contributed by atoms with van der Waals surface area (Å²) in [6, 6.07) is 5.93. The Kier molecular flexibility index (Phi) is 3.53. The molecule has 0 saturated carbocycles. The van der Waals surface area contributed by atoms with Gasteiger partial charge >= 0.3 is 0 Å². The lowest BCUT2D eigenvalue weighted by atomic mass is 10.1. The fourth-order valence-corrected chi connectivity index (χ4v) is 3.36. The van der Waals surface area contributed by atoms with E-state index in [0.29, 0.717) is 23.0 Å². The maximum Gasteiger partial charge on any atom is 0.253 e. The van der Waals surface area contributed by atoms with Crippen LogP contribution in [0.25, 0.3) is 0 Å². The highest BCUT2D eigenvalue weighted by Crippen LogP contribution is 2.28. The molecule has 1 aromatic carbocycles. The first-order valence-corrected chi connectivity index (χ1v) is 7.17. The molecule has 2 aliphatic rings. The highest BCUT2D eigenvalue weighted by Gasteiger charge is 2.37. The Morgan fingerprint density at radius 3 is 3.05 bits per heavy atom. The number of nitrogens with zero attached hydrogens (tertiary/aromatic N) is 1. The molecule has 1 amide bonds. The van der Waals surface area contributed by atoms with E-state index < -0.39 is 0 Å². The van der Waals surface area contributed by atoms with E-state index in [0.717, 1.165) is 13.0 Å². The number of nitrogens with one attached hydrogen (secondary N) is 1. The van der Waals surface area contributed by atoms with Crippen molar-refractivity contribution in [2.75, 3.05) is 25.9 Å². The van der Waals surface area contributed by atoms with Crippen LogP contribution in [0.5, 0.6) is 5.75 Å². The summed E-state index contributed by atoms with van der Waals surface area (Å²) in [7, 11) is 1.58. The Morgan fingerprint density at radius 2 is 2.25 bits per heavy atom. The zero-order valence-electron chi connectivity index (χ0n) is 11.8. The number of fused-ring (bicyclic) bond motifs is 1. The van der Waals surface area contributed by atoms with Crippen LogP contribution >= 0.6 is 0 Å². The molecule has 2 fully saturated rings. The zero-order chi connectivity index (χ0) is 14.1. The van der Waals surface area contributed by atoms with E-state index >= 15 is 0 Å². The third kappa shape index (κ3) is 2.33. The van der Waals surface area contributed by atoms with Gasteiger partial charge in [0.05, 0.1) is 12.7 Å². The van der Waals surface area contributed by atoms with E-state index in [1.165, 1.54) is 19.4 Å². The highest BCUT2D eigenvalue weighted by atomic mass is 16.5. The van der Waals surface area contributed by atoms with Gasteiger partial charge in [-0.3, -0.25) is 9.69 Å². The molecule has 0 bridgehead atoms. The second-order valence-electron chi connectivity index (χ2n) is 5.57. The van der Waals surface area contributed by atoms with E-state index in [2.05, 4.69) is 10.2 Å². The van der Waals surface area contributed by atoms with Gasteiger partial charge in [-0.25, -0.2) is 0 Å². The number of ether oxygens (including phenoxy) is 1. The molecule has 0 aliphatic carbocycles. The number of nitrogens with two attached hydrogens (primary N) is 1. The molecule has 2 saturated heterocycles. The van der Waals surface area contributed by atoms with Crippen molar-refractivity contribution in [3.63, 3.8) is 0 Å². The molecule has 0 spiro atoms. The molecular weight excluding hydrogens is 254 g/mol. The largest absolute Gasteiger partial charge is 0.497 e. The molecule has 0 radical (unpaired) electrons. The Bertz CT molecular complexity index is 518. The molecule has 2 aliphatic heterocycles. The Balaban J connectivity index is 1.73. The van der Waals surface area contributed by atoms with Gasteiger partial charge in [-0.05, 0) is 44.0 Å². The number of methoxy groups -OCH3 is 1. The van der Waals surface area contributed by atoms with Crippen molar-refractivity contribution in [1.82, 2.24) is 10.2 Å². The second-order valence-corrected chi connectivity index (χ2v) is 5.57. The van der Waals surface area contributed by atoms with Gasteiger partial charge in [-0.15, -0.1) is 0 Å². The minimum Gasteiger partial charge on any atom is -0.497 e. The van der Waals surface area contributed by atoms with Crippen molar-refractivity contribution in [1.29, 1.82) is 0 Å². The van der Waals surface area contributed by atoms with Gasteiger partial charge in [-0.2, -0.15) is 0 Å². The first-order chi connectivity index (χ1) is 9.69. The predicted molar refractivity (Wildman–Crippen MR) is 77.9 cm³/mol. The Hall–Kier alpha value is -1.75. The lowest BCUT2D eigenvalue weighted by molar-refractivity contribution is 0.0930. The number of hydrogen-bond acceptors (Lipinski definition) is 4. The predicted octanol–water partition coefficient (Wildman–Crippen LogP) is 1.24. The van der Waals surface area contributed by atoms with Gasteiger partial charge in [-0.1, -0.05) is 0 Å². The molecule has 2 atom stereocenters. The number of nitrogen functional groups attached to an aromatic ring is 1. The van der Waals surface area contributed by atoms with Crippen LogP contribution in [0.1, 0.15) is 29.6 Å². The Labute approximate surface area is 119 Å². The number of carbonyl (C=O) groups is 1. The number of rotatable bonds is 3. The topological polar surface area (TPSA) is 67.6 Å². The fraction of sp³-hybridized carbons (Fsp3) is 0.533. The van der Waals surface area contributed by atoms with Gasteiger partial charge in [0.1, 0.15) is 5.75 Å². The monoisotopic (exact) mass is 275 g/mol. The van der Waals surface area contributed by atoms with Crippen LogP contribution in [0.4, 0.5) is 5.69 Å². The van der Waals surface area contributed by atoms with Crippen LogP contribution < -0.4 is 15.8 Å². The number of amides is 1. The smallest absolute Gasteiger partial charge is 0.253 e. The first kappa shape index (κ1) is 13.2. The molecular formula is C15H21N3O2. The average Bonchev–Trinajstić information content (AvgIpc) is 3.04. The zero-order valence-corrected chi connectivity index (χ0v) is 11.8. The normalized spacial score (nSPS) is 25.4. The lowest BCUT2D eigenvalue weighted by Crippen LogP contribution is -2.42. The van der Waals surface area contributed by atoms with Crippen molar-refractivity contribution >= 4 is 11.6 Å². The van der Waals surface area contributed by atoms with Crippen LogP contribution in [0, 0.1) is 0 Å². The lowest BCUT2D eigenvalue weighted by Gasteiger charge is -2.21. The minimum atomic E-state index is -0.0971. The maximum absolute atomic E-state index is 12.4. The van der Waals surface area contributed by atoms with E-state index in [9.17, 15) is 4.79 Å². The maximum atomic E-state index is 12.4. The fourth-order valence-electron chi connectivity index (χ4n) is 3.36. The molecule has 20 heavy (non-hydrogen) atoms. The van der Waals surface area contributed by atoms with Crippen molar-refractivity contribution in [2.45, 2.75) is 31.3 Å². The van der Waals surface area contributed by atoms with Gasteiger partial charge in [0, 0.05) is 24.3 Å². The van der Waals surface area contributed by atoms with Crippen molar-refractivity contribution < 1.29 is 9.53 Å². The number of anilines is 1. The summed E-state index contributed by atoms with van der Waals surface area (Å²) in [4.78, 5) is 14.9. The van der Waals surface area contributed by atoms with E-state index in [1.807, 2.05) is 0 Å². The van der Waals surface area contributed by atoms with Crippen LogP contribution in [0.3, 0.4) is 0 Å². The van der Waals surface area contributed by atoms with Crippen molar-refractivity contribution in [2.24, 2.45) is 0 Å². The van der Waals surface area contributed by atoms with Gasteiger partial charge in [0.2, 0.25) is 0 Å². The van der Waals surface area contributed by atoms with Gasteiger partial charge in [0.25, 0.3) is 5.91 Å². The second kappa shape index (κ2) is 5.32. The Morgan fingerprint density at radius 1 is 1.40 bits per heavy atom. The van der Waals surface area contributed by atoms with E-state index in [-0.39, 0.29) is 11.9 Å². The van der Waals surface area contributed by atoms with E-state index in [4.69, 9.17) is 10.5 Å². The SMILES string of the molecule is COc1ccc(N)c(C(=O)NC2CCN3CCCC23)c1. The summed E-state index contributed by atoms with van der Waals surface area (Å²) in [6.45, 7) is 2.25. The third-order valence-corrected chi connectivity index (χ3v) is 4.43. The summed E-state index contributed by atoms with van der Waals surface area (Å²) < 4.78 is 5.16. The summed E-state index contributed by atoms with van der Waals surface area (Å²) >= 11 is 0. The molecule has 5 heteroatoms. The molecule has 3 N–H and O–H groups in total. The summed E-state index contributed by atoms with van der Waals surface area (Å²) in [5.41, 5.74) is 6.89. The van der Waals surface area contributed by atoms with Crippen LogP contribution in [-0.2, 0) is 0 Å². The van der Waals surface area contributed by atoms with Crippen molar-refractivity contribution in [3.8, 4) is 5.75 Å². The summed E-state index contributed by atoms with van der Waals surface area (Å²) in [5, 5.41) is 3.14. The standard InChI is InChI=1S/C15H21N3O2/c1-20-10-4-5-12(16)11(9-10)15(19)17-13-6-8-18-7-2-3-14(13)18/h4-5,9,13-14H,2-3,6-8,16H2,1H3,(H,17,19). The highest BCUT2D eigenvalue weighted by molar-refractivity contribution is 5.99. The van der Waals surface area contributed by atoms with Crippen molar-refractivity contribution in [3.05, 3.63) is 23.8 Å².